The third-order valence-electron chi connectivity index (χ3n) is 3.80. The van der Waals surface area contributed by atoms with Crippen LogP contribution in [0.3, 0.4) is 0 Å². The van der Waals surface area contributed by atoms with Gasteiger partial charge in [0.05, 0.1) is 41.8 Å². The smallest absolute Gasteiger partial charge is 0.0771 e. The summed E-state index contributed by atoms with van der Waals surface area (Å²) < 4.78 is 5.61. The average Bonchev–Trinajstić information content (AvgIpc) is 3.02. The van der Waals surface area contributed by atoms with E-state index in [2.05, 4.69) is 21.2 Å². The molecule has 2 aliphatic heterocycles. The average molecular weight is 230 g/mol. The standard InChI is InChI=1S/C12H14N4O/c13-10-1-7-4-14-15-11(7)3-12(10)16-5-9-2-8(16)6-17-9/h1,3-4,8-9H,2,5-6,13H2,(H,14,15)/t8-,9-/m1/s1. The van der Waals surface area contributed by atoms with Crippen LogP contribution >= 0.6 is 0 Å². The van der Waals surface area contributed by atoms with Crippen molar-refractivity contribution in [3.05, 3.63) is 18.3 Å². The molecule has 0 radical (unpaired) electrons. The minimum absolute atomic E-state index is 0.386. The van der Waals surface area contributed by atoms with Gasteiger partial charge in [0.2, 0.25) is 0 Å². The lowest BCUT2D eigenvalue weighted by atomic mass is 10.1. The van der Waals surface area contributed by atoms with Gasteiger partial charge in [-0.2, -0.15) is 5.10 Å². The molecule has 3 heterocycles. The number of hydrogen-bond acceptors (Lipinski definition) is 4. The summed E-state index contributed by atoms with van der Waals surface area (Å²) in [6.07, 6.45) is 3.31. The maximum Gasteiger partial charge on any atom is 0.0771 e. The Balaban J connectivity index is 1.82. The third-order valence-corrected chi connectivity index (χ3v) is 3.80. The first-order chi connectivity index (χ1) is 8.31. The van der Waals surface area contributed by atoms with Crippen molar-refractivity contribution in [3.8, 4) is 0 Å². The number of nitrogens with zero attached hydrogens (tertiary/aromatic N) is 2. The number of rotatable bonds is 1. The quantitative estimate of drug-likeness (QED) is 0.720. The molecule has 2 aliphatic rings. The van der Waals surface area contributed by atoms with E-state index in [0.717, 1.165) is 41.9 Å². The molecule has 3 N–H and O–H groups in total. The lowest BCUT2D eigenvalue weighted by molar-refractivity contribution is 0.0992. The van der Waals surface area contributed by atoms with E-state index in [9.17, 15) is 0 Å². The molecular formula is C12H14N4O. The second-order valence-electron chi connectivity index (χ2n) is 4.87. The highest BCUT2D eigenvalue weighted by Gasteiger charge is 2.39. The van der Waals surface area contributed by atoms with Gasteiger partial charge in [-0.3, -0.25) is 5.10 Å². The molecular weight excluding hydrogens is 216 g/mol. The van der Waals surface area contributed by atoms with Gasteiger partial charge in [0.1, 0.15) is 0 Å². The molecule has 0 aliphatic carbocycles. The summed E-state index contributed by atoms with van der Waals surface area (Å²) in [6.45, 7) is 1.78. The van der Waals surface area contributed by atoms with Gasteiger partial charge < -0.3 is 15.4 Å². The van der Waals surface area contributed by atoms with E-state index in [1.807, 2.05) is 6.07 Å². The number of aromatic amines is 1. The summed E-state index contributed by atoms with van der Waals surface area (Å²) in [7, 11) is 0. The molecule has 2 saturated heterocycles. The van der Waals surface area contributed by atoms with Gasteiger partial charge in [0.25, 0.3) is 0 Å². The molecule has 2 atom stereocenters. The molecule has 2 bridgehead atoms. The van der Waals surface area contributed by atoms with E-state index in [-0.39, 0.29) is 0 Å². The Kier molecular flexibility index (Phi) is 1.71. The second kappa shape index (κ2) is 3.13. The van der Waals surface area contributed by atoms with Gasteiger partial charge in [-0.1, -0.05) is 0 Å². The van der Waals surface area contributed by atoms with E-state index in [4.69, 9.17) is 10.5 Å². The topological polar surface area (TPSA) is 67.2 Å². The number of nitrogen functional groups attached to an aromatic ring is 1. The van der Waals surface area contributed by atoms with Gasteiger partial charge in [-0.25, -0.2) is 0 Å². The van der Waals surface area contributed by atoms with Crippen LogP contribution in [0.2, 0.25) is 0 Å². The number of aromatic nitrogens is 2. The van der Waals surface area contributed by atoms with Crippen molar-refractivity contribution < 1.29 is 4.74 Å². The molecule has 1 aromatic carbocycles. The van der Waals surface area contributed by atoms with Crippen LogP contribution < -0.4 is 10.6 Å². The van der Waals surface area contributed by atoms with Crippen LogP contribution in [0.4, 0.5) is 11.4 Å². The fourth-order valence-electron chi connectivity index (χ4n) is 2.94. The third kappa shape index (κ3) is 1.26. The summed E-state index contributed by atoms with van der Waals surface area (Å²) >= 11 is 0. The lowest BCUT2D eigenvalue weighted by Gasteiger charge is -2.30. The van der Waals surface area contributed by atoms with Gasteiger partial charge >= 0.3 is 0 Å². The molecule has 5 nitrogen and oxygen atoms in total. The zero-order valence-corrected chi connectivity index (χ0v) is 9.39. The minimum Gasteiger partial charge on any atom is -0.397 e. The van der Waals surface area contributed by atoms with Crippen LogP contribution in [-0.2, 0) is 4.74 Å². The van der Waals surface area contributed by atoms with Crippen molar-refractivity contribution in [2.24, 2.45) is 0 Å². The van der Waals surface area contributed by atoms with Gasteiger partial charge in [-0.05, 0) is 18.6 Å². The highest BCUT2D eigenvalue weighted by Crippen LogP contribution is 2.37. The Morgan fingerprint density at radius 1 is 1.47 bits per heavy atom. The Morgan fingerprint density at radius 2 is 2.41 bits per heavy atom. The molecule has 4 rings (SSSR count). The Bertz CT molecular complexity index is 579. The number of anilines is 2. The SMILES string of the molecule is Nc1cc2cn[nH]c2cc1N1C[C@H]2C[C@@H]1CO2. The van der Waals surface area contributed by atoms with E-state index in [1.54, 1.807) is 6.20 Å². The van der Waals surface area contributed by atoms with Crippen LogP contribution in [-0.4, -0.2) is 35.5 Å². The zero-order chi connectivity index (χ0) is 11.4. The van der Waals surface area contributed by atoms with E-state index in [0.29, 0.717) is 12.1 Å². The normalized spacial score (nSPS) is 27.2. The van der Waals surface area contributed by atoms with Crippen molar-refractivity contribution in [1.29, 1.82) is 0 Å². The number of hydrogen-bond donors (Lipinski definition) is 2. The first kappa shape index (κ1) is 9.30. The van der Waals surface area contributed by atoms with Gasteiger partial charge in [-0.15, -0.1) is 0 Å². The van der Waals surface area contributed by atoms with Gasteiger partial charge in [0, 0.05) is 11.9 Å². The number of nitrogens with one attached hydrogen (secondary N) is 1. The summed E-state index contributed by atoms with van der Waals surface area (Å²) in [5.74, 6) is 0. The predicted molar refractivity (Wildman–Crippen MR) is 66.0 cm³/mol. The number of benzene rings is 1. The maximum absolute atomic E-state index is 6.13. The molecule has 0 unspecified atom stereocenters. The first-order valence-corrected chi connectivity index (χ1v) is 5.92. The molecule has 0 spiro atoms. The Labute approximate surface area is 98.5 Å². The van der Waals surface area contributed by atoms with Crippen LogP contribution in [0.1, 0.15) is 6.42 Å². The number of H-pyrrole nitrogens is 1. The summed E-state index contributed by atoms with van der Waals surface area (Å²) in [5.41, 5.74) is 9.11. The van der Waals surface area contributed by atoms with Gasteiger partial charge in [0.15, 0.2) is 0 Å². The molecule has 2 fully saturated rings. The van der Waals surface area contributed by atoms with E-state index >= 15 is 0 Å². The molecule has 17 heavy (non-hydrogen) atoms. The number of fused-ring (bicyclic) bond motifs is 3. The van der Waals surface area contributed by atoms with Crippen LogP contribution in [0.5, 0.6) is 0 Å². The van der Waals surface area contributed by atoms with E-state index < -0.39 is 0 Å². The molecule has 0 saturated carbocycles. The zero-order valence-electron chi connectivity index (χ0n) is 9.39. The largest absolute Gasteiger partial charge is 0.397 e. The molecule has 5 heteroatoms. The molecule has 0 amide bonds. The molecule has 1 aromatic heterocycles. The maximum atomic E-state index is 6.13. The van der Waals surface area contributed by atoms with Crippen molar-refractivity contribution in [1.82, 2.24) is 10.2 Å². The molecule has 2 aromatic rings. The van der Waals surface area contributed by atoms with Crippen molar-refractivity contribution in [2.75, 3.05) is 23.8 Å². The van der Waals surface area contributed by atoms with Crippen molar-refractivity contribution in [2.45, 2.75) is 18.6 Å². The lowest BCUT2D eigenvalue weighted by Crippen LogP contribution is -2.37. The fourth-order valence-corrected chi connectivity index (χ4v) is 2.94. The van der Waals surface area contributed by atoms with E-state index in [1.165, 1.54) is 0 Å². The summed E-state index contributed by atoms with van der Waals surface area (Å²) in [4.78, 5) is 2.36. The highest BCUT2D eigenvalue weighted by atomic mass is 16.5. The van der Waals surface area contributed by atoms with Crippen molar-refractivity contribution >= 4 is 22.3 Å². The van der Waals surface area contributed by atoms with Crippen LogP contribution in [0.15, 0.2) is 18.3 Å². The first-order valence-electron chi connectivity index (χ1n) is 5.92. The number of morpholine rings is 1. The number of nitrogens with two attached hydrogens (primary N) is 1. The summed E-state index contributed by atoms with van der Waals surface area (Å²) in [6, 6.07) is 4.57. The van der Waals surface area contributed by atoms with Crippen molar-refractivity contribution in [3.63, 3.8) is 0 Å². The Morgan fingerprint density at radius 3 is 3.18 bits per heavy atom. The van der Waals surface area contributed by atoms with Crippen LogP contribution in [0, 0.1) is 0 Å². The highest BCUT2D eigenvalue weighted by molar-refractivity contribution is 5.89. The molecule has 88 valence electrons. The monoisotopic (exact) mass is 230 g/mol. The van der Waals surface area contributed by atoms with Crippen LogP contribution in [0.25, 0.3) is 10.9 Å². The number of ether oxygens (including phenoxy) is 1. The fraction of sp³-hybridized carbons (Fsp3) is 0.417. The predicted octanol–water partition coefficient (Wildman–Crippen LogP) is 1.12. The summed E-state index contributed by atoms with van der Waals surface area (Å²) in [5, 5.41) is 8.09. The minimum atomic E-state index is 0.386. The Hall–Kier alpha value is -1.75. The second-order valence-corrected chi connectivity index (χ2v) is 4.87.